The lowest BCUT2D eigenvalue weighted by Crippen LogP contribution is -2.30. The molecule has 1 atom stereocenters. The van der Waals surface area contributed by atoms with Crippen molar-refractivity contribution in [3.05, 3.63) is 122 Å². The molecule has 0 bridgehead atoms. The fraction of sp³-hybridized carbons (Fsp3) is 0.610. The van der Waals surface area contributed by atoms with E-state index in [2.05, 4.69) is 69.4 Å². The average Bonchev–Trinajstić information content (AvgIpc) is 3.30. The van der Waals surface area contributed by atoms with Crippen LogP contribution in [0, 0.1) is 0 Å². The van der Waals surface area contributed by atoms with E-state index >= 15 is 0 Å². The Balaban J connectivity index is 4.57. The highest BCUT2D eigenvalue weighted by atomic mass is 16.6. The van der Waals surface area contributed by atoms with E-state index in [1.54, 1.807) is 0 Å². The van der Waals surface area contributed by atoms with Crippen LogP contribution in [0.15, 0.2) is 122 Å². The first kappa shape index (κ1) is 60.8. The molecule has 65 heavy (non-hydrogen) atoms. The highest BCUT2D eigenvalue weighted by Crippen LogP contribution is 2.13. The van der Waals surface area contributed by atoms with Gasteiger partial charge in [-0.1, -0.05) is 245 Å². The van der Waals surface area contributed by atoms with Gasteiger partial charge in [-0.15, -0.1) is 0 Å². The quantitative estimate of drug-likeness (QED) is 0.0199. The van der Waals surface area contributed by atoms with Gasteiger partial charge in [0.25, 0.3) is 0 Å². The monoisotopic (exact) mass is 899 g/mol. The van der Waals surface area contributed by atoms with Crippen LogP contribution in [0.4, 0.5) is 0 Å². The molecule has 0 amide bonds. The summed E-state index contributed by atoms with van der Waals surface area (Å²) in [5, 5.41) is 0. The molecule has 0 aromatic heterocycles. The molecule has 366 valence electrons. The van der Waals surface area contributed by atoms with Gasteiger partial charge >= 0.3 is 17.9 Å². The van der Waals surface area contributed by atoms with Crippen molar-refractivity contribution in [1.82, 2.24) is 0 Å². The first-order valence-corrected chi connectivity index (χ1v) is 26.1. The molecular formula is C59H94O6. The van der Waals surface area contributed by atoms with Crippen molar-refractivity contribution < 1.29 is 28.6 Å². The maximum atomic E-state index is 12.8. The zero-order chi connectivity index (χ0) is 47.2. The van der Waals surface area contributed by atoms with Gasteiger partial charge in [-0.3, -0.25) is 14.4 Å². The lowest BCUT2D eigenvalue weighted by Gasteiger charge is -2.18. The van der Waals surface area contributed by atoms with E-state index in [1.807, 2.05) is 72.9 Å². The second-order valence-electron chi connectivity index (χ2n) is 16.9. The Bertz CT molecular complexity index is 1400. The minimum Gasteiger partial charge on any atom is -0.462 e. The van der Waals surface area contributed by atoms with Crippen LogP contribution < -0.4 is 0 Å². The van der Waals surface area contributed by atoms with Gasteiger partial charge in [0, 0.05) is 19.3 Å². The molecule has 0 fully saturated rings. The number of hydrogen-bond acceptors (Lipinski definition) is 6. The van der Waals surface area contributed by atoms with Crippen molar-refractivity contribution in [2.45, 2.75) is 219 Å². The molecule has 0 N–H and O–H groups in total. The zero-order valence-corrected chi connectivity index (χ0v) is 41.7. The average molecular weight is 899 g/mol. The topological polar surface area (TPSA) is 78.9 Å². The number of hydrogen-bond donors (Lipinski definition) is 0. The predicted molar refractivity (Wildman–Crippen MR) is 279 cm³/mol. The number of carbonyl (C=O) groups is 3. The Labute approximate surface area is 399 Å². The number of allylic oxidation sites excluding steroid dienone is 20. The second kappa shape index (κ2) is 52.4. The number of rotatable bonds is 45. The van der Waals surface area contributed by atoms with Gasteiger partial charge in [-0.25, -0.2) is 0 Å². The minimum absolute atomic E-state index is 0.115. The van der Waals surface area contributed by atoms with Gasteiger partial charge in [-0.05, 0) is 70.6 Å². The molecule has 0 aliphatic rings. The van der Waals surface area contributed by atoms with Crippen LogP contribution in [0.5, 0.6) is 0 Å². The molecule has 1 unspecified atom stereocenters. The minimum atomic E-state index is -0.824. The Hall–Kier alpha value is -4.19. The molecule has 0 aromatic carbocycles. The van der Waals surface area contributed by atoms with Crippen molar-refractivity contribution in [1.29, 1.82) is 0 Å². The summed E-state index contributed by atoms with van der Waals surface area (Å²) in [6, 6.07) is 0. The predicted octanol–water partition coefficient (Wildman–Crippen LogP) is 17.3. The van der Waals surface area contributed by atoms with Crippen molar-refractivity contribution in [2.24, 2.45) is 0 Å². The summed E-state index contributed by atoms with van der Waals surface area (Å²) in [7, 11) is 0. The van der Waals surface area contributed by atoms with Crippen molar-refractivity contribution >= 4 is 17.9 Å². The second-order valence-corrected chi connectivity index (χ2v) is 16.9. The summed E-state index contributed by atoms with van der Waals surface area (Å²) < 4.78 is 16.7. The summed E-state index contributed by atoms with van der Waals surface area (Å²) in [4.78, 5) is 38.0. The van der Waals surface area contributed by atoms with Crippen LogP contribution >= 0.6 is 0 Å². The fourth-order valence-corrected chi connectivity index (χ4v) is 6.73. The first-order chi connectivity index (χ1) is 32.0. The Morgan fingerprint density at radius 3 is 1.14 bits per heavy atom. The molecule has 0 radical (unpaired) electrons. The van der Waals surface area contributed by atoms with E-state index in [0.29, 0.717) is 19.3 Å². The number of esters is 3. The molecule has 0 aliphatic carbocycles. The molecule has 0 saturated heterocycles. The summed E-state index contributed by atoms with van der Waals surface area (Å²) in [6.45, 7) is 6.38. The van der Waals surface area contributed by atoms with E-state index in [1.165, 1.54) is 96.3 Å². The third-order valence-corrected chi connectivity index (χ3v) is 10.6. The highest BCUT2D eigenvalue weighted by Gasteiger charge is 2.19. The van der Waals surface area contributed by atoms with Crippen molar-refractivity contribution in [3.63, 3.8) is 0 Å². The van der Waals surface area contributed by atoms with E-state index in [9.17, 15) is 14.4 Å². The maximum absolute atomic E-state index is 12.8. The maximum Gasteiger partial charge on any atom is 0.306 e. The lowest BCUT2D eigenvalue weighted by atomic mass is 10.1. The zero-order valence-electron chi connectivity index (χ0n) is 41.7. The third kappa shape index (κ3) is 50.7. The summed E-state index contributed by atoms with van der Waals surface area (Å²) >= 11 is 0. The van der Waals surface area contributed by atoms with Gasteiger partial charge in [0.2, 0.25) is 0 Å². The van der Waals surface area contributed by atoms with Crippen LogP contribution in [0.3, 0.4) is 0 Å². The first-order valence-electron chi connectivity index (χ1n) is 26.1. The van der Waals surface area contributed by atoms with Gasteiger partial charge < -0.3 is 14.2 Å². The standard InChI is InChI=1S/C59H94O6/c1-4-7-10-13-16-19-22-24-26-28-29-31-32-34-37-40-43-46-49-52-58(61)64-55-56(54-63-57(60)51-48-45-42-39-36-21-18-15-12-9-6-3)65-59(62)53-50-47-44-41-38-35-33-30-27-25-23-20-17-14-11-8-5-2/h7,10,13,16,19,22,24-29,31-35,37,41,44,56H,4-6,8-9,11-12,14-15,17-18,20-21,23,30,36,38-40,42-43,45-55H2,1-3H3/b10-7-,16-13-,22-19-,26-24-,27-25-,29-28+,32-31-,35-33-,37-34-,44-41-. The van der Waals surface area contributed by atoms with E-state index in [4.69, 9.17) is 14.2 Å². The highest BCUT2D eigenvalue weighted by molar-refractivity contribution is 5.71. The normalized spacial score (nSPS) is 13.1. The van der Waals surface area contributed by atoms with Crippen molar-refractivity contribution in [3.8, 4) is 0 Å². The number of ether oxygens (including phenoxy) is 3. The molecule has 0 saturated carbocycles. The van der Waals surface area contributed by atoms with Crippen LogP contribution in [0.2, 0.25) is 0 Å². The SMILES string of the molecule is CC\C=C/C=C\C=C/C=C\C=C\C=C/C=C\CCCCCC(=O)OCC(COC(=O)CCCCCCCCCCCCC)OC(=O)CCC/C=C\C/C=C\C/C=C\CCCCCCCC. The van der Waals surface area contributed by atoms with E-state index < -0.39 is 6.10 Å². The van der Waals surface area contributed by atoms with E-state index in [0.717, 1.165) is 70.6 Å². The van der Waals surface area contributed by atoms with Gasteiger partial charge in [0.15, 0.2) is 6.10 Å². The van der Waals surface area contributed by atoms with Crippen LogP contribution in [0.25, 0.3) is 0 Å². The lowest BCUT2D eigenvalue weighted by molar-refractivity contribution is -0.167. The summed E-state index contributed by atoms with van der Waals surface area (Å²) in [5.74, 6) is -1.02. The molecule has 6 heteroatoms. The van der Waals surface area contributed by atoms with Gasteiger partial charge in [-0.2, -0.15) is 0 Å². The molecule has 0 rings (SSSR count). The van der Waals surface area contributed by atoms with Crippen LogP contribution in [-0.4, -0.2) is 37.2 Å². The van der Waals surface area contributed by atoms with E-state index in [-0.39, 0.29) is 37.5 Å². The Morgan fingerprint density at radius 2 is 0.677 bits per heavy atom. The smallest absolute Gasteiger partial charge is 0.306 e. The molecule has 6 nitrogen and oxygen atoms in total. The Morgan fingerprint density at radius 1 is 0.338 bits per heavy atom. The van der Waals surface area contributed by atoms with Crippen LogP contribution in [-0.2, 0) is 28.6 Å². The molecule has 0 aromatic rings. The van der Waals surface area contributed by atoms with Crippen LogP contribution in [0.1, 0.15) is 213 Å². The summed E-state index contributed by atoms with van der Waals surface area (Å²) in [5.41, 5.74) is 0. The molecule has 0 aliphatic heterocycles. The van der Waals surface area contributed by atoms with Crippen molar-refractivity contribution in [2.75, 3.05) is 13.2 Å². The molecule has 0 heterocycles. The number of unbranched alkanes of at least 4 members (excludes halogenated alkanes) is 20. The number of carbonyl (C=O) groups excluding carboxylic acids is 3. The Kier molecular flexibility index (Phi) is 49.1. The van der Waals surface area contributed by atoms with Gasteiger partial charge in [0.05, 0.1) is 0 Å². The summed E-state index contributed by atoms with van der Waals surface area (Å²) in [6.07, 6.45) is 71.8. The largest absolute Gasteiger partial charge is 0.462 e. The van der Waals surface area contributed by atoms with Gasteiger partial charge in [0.1, 0.15) is 13.2 Å². The fourth-order valence-electron chi connectivity index (χ4n) is 6.73. The third-order valence-electron chi connectivity index (χ3n) is 10.6. The molecule has 0 spiro atoms. The molecular weight excluding hydrogens is 805 g/mol.